The van der Waals surface area contributed by atoms with Crippen LogP contribution in [0, 0.1) is 0 Å². The molecule has 0 spiro atoms. The van der Waals surface area contributed by atoms with Crippen LogP contribution in [-0.2, 0) is 0 Å². The molecule has 0 aliphatic carbocycles. The molecule has 6 nitrogen and oxygen atoms in total. The molecule has 2 amide bonds. The van der Waals surface area contributed by atoms with Crippen molar-refractivity contribution < 1.29 is 9.59 Å². The first-order valence-corrected chi connectivity index (χ1v) is 9.81. The molecule has 2 aromatic heterocycles. The highest BCUT2D eigenvalue weighted by Crippen LogP contribution is 2.24. The van der Waals surface area contributed by atoms with E-state index in [2.05, 4.69) is 10.2 Å². The minimum atomic E-state index is -0.126. The molecule has 3 aromatic rings. The second-order valence-corrected chi connectivity index (χ2v) is 7.56. The van der Waals surface area contributed by atoms with Gasteiger partial charge in [-0.2, -0.15) is 5.10 Å². The van der Waals surface area contributed by atoms with E-state index in [1.807, 2.05) is 17.5 Å². The van der Waals surface area contributed by atoms with Crippen LogP contribution in [0.15, 0.2) is 47.8 Å². The lowest BCUT2D eigenvalue weighted by atomic mass is 10.1. The number of aromatic nitrogens is 2. The van der Waals surface area contributed by atoms with Crippen LogP contribution in [0.3, 0.4) is 0 Å². The van der Waals surface area contributed by atoms with E-state index < -0.39 is 0 Å². The quantitative estimate of drug-likeness (QED) is 0.732. The number of halogens is 1. The highest BCUT2D eigenvalue weighted by Gasteiger charge is 2.27. The van der Waals surface area contributed by atoms with Crippen molar-refractivity contribution in [3.63, 3.8) is 0 Å². The lowest BCUT2D eigenvalue weighted by Crippen LogP contribution is -2.50. The molecular formula is C19H17ClN4O2S. The van der Waals surface area contributed by atoms with Gasteiger partial charge in [0.1, 0.15) is 0 Å². The van der Waals surface area contributed by atoms with Crippen LogP contribution in [0.25, 0.3) is 10.6 Å². The van der Waals surface area contributed by atoms with Crippen LogP contribution >= 0.6 is 22.9 Å². The van der Waals surface area contributed by atoms with E-state index in [9.17, 15) is 9.59 Å². The molecule has 0 saturated carbocycles. The average molecular weight is 401 g/mol. The van der Waals surface area contributed by atoms with E-state index in [-0.39, 0.29) is 11.8 Å². The highest BCUT2D eigenvalue weighted by molar-refractivity contribution is 7.13. The van der Waals surface area contributed by atoms with Gasteiger partial charge in [0.25, 0.3) is 11.8 Å². The molecule has 3 heterocycles. The molecule has 1 aliphatic heterocycles. The number of piperazine rings is 1. The number of H-pyrrole nitrogens is 1. The molecule has 1 aliphatic rings. The van der Waals surface area contributed by atoms with Crippen LogP contribution in [0.1, 0.15) is 20.8 Å². The molecule has 27 heavy (non-hydrogen) atoms. The summed E-state index contributed by atoms with van der Waals surface area (Å²) in [6.07, 6.45) is 0. The van der Waals surface area contributed by atoms with Crippen molar-refractivity contribution in [1.82, 2.24) is 20.0 Å². The summed E-state index contributed by atoms with van der Waals surface area (Å²) < 4.78 is 0. The zero-order valence-corrected chi connectivity index (χ0v) is 16.0. The third-order valence-corrected chi connectivity index (χ3v) is 5.77. The van der Waals surface area contributed by atoms with Gasteiger partial charge >= 0.3 is 0 Å². The van der Waals surface area contributed by atoms with Crippen LogP contribution < -0.4 is 0 Å². The topological polar surface area (TPSA) is 69.3 Å². The molecule has 1 aromatic carbocycles. The predicted molar refractivity (Wildman–Crippen MR) is 105 cm³/mol. The zero-order valence-electron chi connectivity index (χ0n) is 14.4. The molecule has 1 fully saturated rings. The number of rotatable bonds is 3. The molecule has 1 N–H and O–H groups in total. The standard InChI is InChI=1S/C19H17ClN4O2S/c20-14-5-2-1-4-13(14)18(25)23-7-9-24(10-8-23)19(26)16-12-15(21-22-16)17-6-3-11-27-17/h1-6,11-12H,7-10H2,(H,21,22). The number of carbonyl (C=O) groups excluding carboxylic acids is 2. The fourth-order valence-electron chi connectivity index (χ4n) is 3.07. The van der Waals surface area contributed by atoms with Gasteiger partial charge in [0.2, 0.25) is 0 Å². The molecule has 4 rings (SSSR count). The molecule has 0 unspecified atom stereocenters. The largest absolute Gasteiger partial charge is 0.335 e. The van der Waals surface area contributed by atoms with Crippen LogP contribution in [0.4, 0.5) is 0 Å². The van der Waals surface area contributed by atoms with E-state index in [1.165, 1.54) is 0 Å². The first-order chi connectivity index (χ1) is 13.1. The number of nitrogens with zero attached hydrogens (tertiary/aromatic N) is 3. The number of benzene rings is 1. The summed E-state index contributed by atoms with van der Waals surface area (Å²) in [5.41, 5.74) is 1.72. The van der Waals surface area contributed by atoms with E-state index in [1.54, 1.807) is 51.5 Å². The third kappa shape index (κ3) is 3.61. The Bertz CT molecular complexity index is 962. The van der Waals surface area contributed by atoms with Gasteiger partial charge in [-0.15, -0.1) is 11.3 Å². The van der Waals surface area contributed by atoms with Gasteiger partial charge in [-0.1, -0.05) is 29.8 Å². The molecule has 138 valence electrons. The lowest BCUT2D eigenvalue weighted by molar-refractivity contribution is 0.0532. The summed E-state index contributed by atoms with van der Waals surface area (Å²) >= 11 is 7.71. The second-order valence-electron chi connectivity index (χ2n) is 6.21. The Kier molecular flexibility index (Phi) is 4.96. The van der Waals surface area contributed by atoms with Gasteiger partial charge < -0.3 is 9.80 Å². The van der Waals surface area contributed by atoms with Crippen molar-refractivity contribution in [2.45, 2.75) is 0 Å². The van der Waals surface area contributed by atoms with Crippen LogP contribution in [0.5, 0.6) is 0 Å². The lowest BCUT2D eigenvalue weighted by Gasteiger charge is -2.34. The fraction of sp³-hybridized carbons (Fsp3) is 0.211. The smallest absolute Gasteiger partial charge is 0.274 e. The van der Waals surface area contributed by atoms with Crippen molar-refractivity contribution in [3.8, 4) is 10.6 Å². The maximum Gasteiger partial charge on any atom is 0.274 e. The van der Waals surface area contributed by atoms with E-state index in [0.29, 0.717) is 42.5 Å². The minimum Gasteiger partial charge on any atom is -0.335 e. The van der Waals surface area contributed by atoms with Gasteiger partial charge in [0, 0.05) is 26.2 Å². The Morgan fingerprint density at radius 2 is 1.70 bits per heavy atom. The second kappa shape index (κ2) is 7.54. The van der Waals surface area contributed by atoms with Crippen LogP contribution in [0.2, 0.25) is 5.02 Å². The first-order valence-electron chi connectivity index (χ1n) is 8.56. The van der Waals surface area contributed by atoms with Crippen LogP contribution in [-0.4, -0.2) is 58.0 Å². The highest BCUT2D eigenvalue weighted by atomic mass is 35.5. The van der Waals surface area contributed by atoms with E-state index >= 15 is 0 Å². The fourth-order valence-corrected chi connectivity index (χ4v) is 3.98. The van der Waals surface area contributed by atoms with Gasteiger partial charge in [-0.3, -0.25) is 14.7 Å². The number of carbonyl (C=O) groups is 2. The number of amides is 2. The summed E-state index contributed by atoms with van der Waals surface area (Å²) in [7, 11) is 0. The summed E-state index contributed by atoms with van der Waals surface area (Å²) in [4.78, 5) is 29.8. The van der Waals surface area contributed by atoms with E-state index in [0.717, 1.165) is 10.6 Å². The number of hydrogen-bond donors (Lipinski definition) is 1. The summed E-state index contributed by atoms with van der Waals surface area (Å²) in [5.74, 6) is -0.230. The SMILES string of the molecule is O=C(c1cc(-c2cccs2)[nH]n1)N1CCN(C(=O)c2ccccc2Cl)CC1. The monoisotopic (exact) mass is 400 g/mol. The van der Waals surface area contributed by atoms with E-state index in [4.69, 9.17) is 11.6 Å². The Hall–Kier alpha value is -2.64. The zero-order chi connectivity index (χ0) is 18.8. The number of aromatic amines is 1. The molecule has 8 heteroatoms. The maximum atomic E-state index is 12.7. The molecular weight excluding hydrogens is 384 g/mol. The molecule has 0 bridgehead atoms. The van der Waals surface area contributed by atoms with Gasteiger partial charge in [-0.05, 0) is 29.6 Å². The summed E-state index contributed by atoms with van der Waals surface area (Å²) in [5, 5.41) is 9.49. The van der Waals surface area contributed by atoms with Crippen molar-refractivity contribution in [2.75, 3.05) is 26.2 Å². The van der Waals surface area contributed by atoms with Crippen molar-refractivity contribution in [3.05, 3.63) is 64.1 Å². The predicted octanol–water partition coefficient (Wildman–Crippen LogP) is 3.39. The summed E-state index contributed by atoms with van der Waals surface area (Å²) in [6, 6.07) is 12.7. The Balaban J connectivity index is 1.40. The molecule has 1 saturated heterocycles. The Labute approximate surface area is 165 Å². The van der Waals surface area contributed by atoms with Gasteiger partial charge in [-0.25, -0.2) is 0 Å². The maximum absolute atomic E-state index is 12.7. The Morgan fingerprint density at radius 3 is 2.37 bits per heavy atom. The van der Waals surface area contributed by atoms with Gasteiger partial charge in [0.05, 0.1) is 21.2 Å². The minimum absolute atomic E-state index is 0.104. The third-order valence-electron chi connectivity index (χ3n) is 4.54. The summed E-state index contributed by atoms with van der Waals surface area (Å²) in [6.45, 7) is 1.88. The molecule has 0 radical (unpaired) electrons. The van der Waals surface area contributed by atoms with Gasteiger partial charge in [0.15, 0.2) is 5.69 Å². The van der Waals surface area contributed by atoms with Crippen molar-refractivity contribution >= 4 is 34.8 Å². The van der Waals surface area contributed by atoms with Crippen molar-refractivity contribution in [2.24, 2.45) is 0 Å². The number of hydrogen-bond acceptors (Lipinski definition) is 4. The molecule has 0 atom stereocenters. The number of nitrogens with one attached hydrogen (secondary N) is 1. The first kappa shape index (κ1) is 17.8. The Morgan fingerprint density at radius 1 is 1.00 bits per heavy atom. The number of thiophene rings is 1. The normalized spacial score (nSPS) is 14.4. The average Bonchev–Trinajstić information content (AvgIpc) is 3.39. The van der Waals surface area contributed by atoms with Crippen molar-refractivity contribution in [1.29, 1.82) is 0 Å².